The third-order valence-corrected chi connectivity index (χ3v) is 5.48. The number of halogens is 1. The van der Waals surface area contributed by atoms with Crippen LogP contribution in [0.5, 0.6) is 0 Å². The average Bonchev–Trinajstić information content (AvgIpc) is 3.23. The van der Waals surface area contributed by atoms with E-state index in [4.69, 9.17) is 14.0 Å². The van der Waals surface area contributed by atoms with Gasteiger partial charge in [0.05, 0.1) is 19.8 Å². The summed E-state index contributed by atoms with van der Waals surface area (Å²) in [7, 11) is 1.77. The summed E-state index contributed by atoms with van der Waals surface area (Å²) in [5.74, 6) is 2.44. The highest BCUT2D eigenvalue weighted by molar-refractivity contribution is 14.0. The zero-order chi connectivity index (χ0) is 21.1. The van der Waals surface area contributed by atoms with E-state index in [0.717, 1.165) is 51.6 Å². The van der Waals surface area contributed by atoms with Crippen molar-refractivity contribution in [1.29, 1.82) is 0 Å². The molecular weight excluding hydrogens is 499 g/mol. The third kappa shape index (κ3) is 8.27. The summed E-state index contributed by atoms with van der Waals surface area (Å²) < 4.78 is 16.3. The second-order valence-electron chi connectivity index (χ2n) is 7.24. The smallest absolute Gasteiger partial charge is 0.246 e. The number of ether oxygens (including phenoxy) is 2. The first-order chi connectivity index (χ1) is 14.1. The SMILES string of the molecule is CCOC(C)c1noc(CNC(=NC)NCC(C(CC)CC)N2CCOCC2)n1.I. The van der Waals surface area contributed by atoms with E-state index in [-0.39, 0.29) is 30.1 Å². The van der Waals surface area contributed by atoms with E-state index >= 15 is 0 Å². The first-order valence-electron chi connectivity index (χ1n) is 10.8. The number of aromatic nitrogens is 2. The lowest BCUT2D eigenvalue weighted by Gasteiger charge is -2.39. The van der Waals surface area contributed by atoms with Gasteiger partial charge in [0.2, 0.25) is 5.89 Å². The van der Waals surface area contributed by atoms with Crippen LogP contribution in [0.25, 0.3) is 0 Å². The van der Waals surface area contributed by atoms with Crippen molar-refractivity contribution >= 4 is 29.9 Å². The highest BCUT2D eigenvalue weighted by atomic mass is 127. The fourth-order valence-electron chi connectivity index (χ4n) is 3.75. The quantitative estimate of drug-likeness (QED) is 0.252. The Balaban J connectivity index is 0.00000450. The first kappa shape index (κ1) is 27.1. The molecule has 0 aromatic carbocycles. The number of aliphatic imine (C=N–C) groups is 1. The maximum atomic E-state index is 5.53. The van der Waals surface area contributed by atoms with E-state index in [1.807, 2.05) is 13.8 Å². The van der Waals surface area contributed by atoms with Gasteiger partial charge in [0.1, 0.15) is 6.10 Å². The highest BCUT2D eigenvalue weighted by Gasteiger charge is 2.27. The van der Waals surface area contributed by atoms with Crippen molar-refractivity contribution in [3.63, 3.8) is 0 Å². The van der Waals surface area contributed by atoms with Crippen molar-refractivity contribution in [3.05, 3.63) is 11.7 Å². The Kier molecular flexibility index (Phi) is 13.5. The topological polar surface area (TPSA) is 97.0 Å². The molecule has 2 heterocycles. The summed E-state index contributed by atoms with van der Waals surface area (Å²) in [6, 6.07) is 0.453. The molecule has 9 nitrogen and oxygen atoms in total. The molecule has 174 valence electrons. The van der Waals surface area contributed by atoms with E-state index in [9.17, 15) is 0 Å². The van der Waals surface area contributed by atoms with Gasteiger partial charge in [-0.25, -0.2) is 0 Å². The zero-order valence-corrected chi connectivity index (χ0v) is 21.3. The maximum Gasteiger partial charge on any atom is 0.246 e. The van der Waals surface area contributed by atoms with Crippen LogP contribution in [0.1, 0.15) is 58.4 Å². The van der Waals surface area contributed by atoms with Gasteiger partial charge in [-0.3, -0.25) is 9.89 Å². The second-order valence-corrected chi connectivity index (χ2v) is 7.24. The predicted molar refractivity (Wildman–Crippen MR) is 128 cm³/mol. The summed E-state index contributed by atoms with van der Waals surface area (Å²) in [6.07, 6.45) is 2.15. The highest BCUT2D eigenvalue weighted by Crippen LogP contribution is 2.19. The molecule has 1 fully saturated rings. The van der Waals surface area contributed by atoms with Crippen LogP contribution in [0, 0.1) is 5.92 Å². The summed E-state index contributed by atoms with van der Waals surface area (Å²) in [6.45, 7) is 13.8. The van der Waals surface area contributed by atoms with E-state index in [1.165, 1.54) is 0 Å². The minimum atomic E-state index is -0.177. The number of rotatable bonds is 11. The van der Waals surface area contributed by atoms with Crippen molar-refractivity contribution in [2.75, 3.05) is 46.5 Å². The van der Waals surface area contributed by atoms with Gasteiger partial charge in [0.15, 0.2) is 11.8 Å². The monoisotopic (exact) mass is 538 g/mol. The van der Waals surface area contributed by atoms with Gasteiger partial charge in [0.25, 0.3) is 0 Å². The maximum absolute atomic E-state index is 5.53. The molecule has 2 unspecified atom stereocenters. The normalized spacial score (nSPS) is 17.5. The van der Waals surface area contributed by atoms with E-state index in [0.29, 0.717) is 36.8 Å². The van der Waals surface area contributed by atoms with Crippen LogP contribution in [0.2, 0.25) is 0 Å². The summed E-state index contributed by atoms with van der Waals surface area (Å²) >= 11 is 0. The Bertz CT molecular complexity index is 605. The van der Waals surface area contributed by atoms with Crippen LogP contribution in [-0.4, -0.2) is 73.5 Å². The minimum absolute atomic E-state index is 0. The van der Waals surface area contributed by atoms with Gasteiger partial charge in [-0.15, -0.1) is 24.0 Å². The van der Waals surface area contributed by atoms with Crippen LogP contribution in [0.3, 0.4) is 0 Å². The number of nitrogens with one attached hydrogen (secondary N) is 2. The lowest BCUT2D eigenvalue weighted by atomic mass is 9.92. The molecule has 0 aliphatic carbocycles. The molecule has 1 saturated heterocycles. The van der Waals surface area contributed by atoms with E-state index < -0.39 is 0 Å². The molecule has 1 aliphatic rings. The molecular formula is C20H39IN6O3. The molecule has 2 atom stereocenters. The lowest BCUT2D eigenvalue weighted by molar-refractivity contribution is 0.00272. The Morgan fingerprint density at radius 1 is 1.20 bits per heavy atom. The van der Waals surface area contributed by atoms with Gasteiger partial charge in [0, 0.05) is 39.3 Å². The standard InChI is InChI=1S/C20H38N6O3.HI/c1-6-16(7-2)17(26-9-11-27-12-10-26)13-22-20(21-5)23-14-18-24-19(25-29-18)15(4)28-8-3;/h15-17H,6-14H2,1-5H3,(H2,21,22,23);1H. The van der Waals surface area contributed by atoms with Crippen LogP contribution in [0.4, 0.5) is 0 Å². The molecule has 0 bridgehead atoms. The third-order valence-electron chi connectivity index (χ3n) is 5.48. The summed E-state index contributed by atoms with van der Waals surface area (Å²) in [5, 5.41) is 10.7. The van der Waals surface area contributed by atoms with Gasteiger partial charge in [-0.1, -0.05) is 31.8 Å². The number of morpholine rings is 1. The molecule has 1 aliphatic heterocycles. The van der Waals surface area contributed by atoms with Gasteiger partial charge >= 0.3 is 0 Å². The van der Waals surface area contributed by atoms with Crippen molar-refractivity contribution in [2.24, 2.45) is 10.9 Å². The second kappa shape index (κ2) is 14.9. The number of hydrogen-bond donors (Lipinski definition) is 2. The fourth-order valence-corrected chi connectivity index (χ4v) is 3.75. The molecule has 0 spiro atoms. The number of hydrogen-bond acceptors (Lipinski definition) is 7. The van der Waals surface area contributed by atoms with Crippen molar-refractivity contribution < 1.29 is 14.0 Å². The van der Waals surface area contributed by atoms with E-state index in [1.54, 1.807) is 7.05 Å². The predicted octanol–water partition coefficient (Wildman–Crippen LogP) is 2.59. The Hall–Kier alpha value is -0.980. The van der Waals surface area contributed by atoms with Crippen molar-refractivity contribution in [3.8, 4) is 0 Å². The lowest BCUT2D eigenvalue weighted by Crippen LogP contribution is -2.53. The number of nitrogens with zero attached hydrogens (tertiary/aromatic N) is 4. The van der Waals surface area contributed by atoms with Crippen molar-refractivity contribution in [1.82, 2.24) is 25.7 Å². The molecule has 0 amide bonds. The Morgan fingerprint density at radius 3 is 2.50 bits per heavy atom. The molecule has 2 N–H and O–H groups in total. The number of guanidine groups is 1. The first-order valence-corrected chi connectivity index (χ1v) is 10.8. The molecule has 2 rings (SSSR count). The molecule has 0 saturated carbocycles. The van der Waals surface area contributed by atoms with Crippen molar-refractivity contribution in [2.45, 2.75) is 59.2 Å². The summed E-state index contributed by atoms with van der Waals surface area (Å²) in [5.41, 5.74) is 0. The minimum Gasteiger partial charge on any atom is -0.379 e. The molecule has 0 radical (unpaired) electrons. The van der Waals surface area contributed by atoms with Gasteiger partial charge < -0.3 is 24.6 Å². The average molecular weight is 538 g/mol. The summed E-state index contributed by atoms with van der Waals surface area (Å²) in [4.78, 5) is 11.3. The molecule has 10 heteroatoms. The Morgan fingerprint density at radius 2 is 1.90 bits per heavy atom. The fraction of sp³-hybridized carbons (Fsp3) is 0.850. The van der Waals surface area contributed by atoms with Crippen LogP contribution in [0.15, 0.2) is 9.52 Å². The largest absolute Gasteiger partial charge is 0.379 e. The molecule has 1 aromatic rings. The molecule has 30 heavy (non-hydrogen) atoms. The van der Waals surface area contributed by atoms with Gasteiger partial charge in [-0.05, 0) is 19.8 Å². The van der Waals surface area contributed by atoms with Crippen LogP contribution < -0.4 is 10.6 Å². The van der Waals surface area contributed by atoms with Crippen LogP contribution >= 0.6 is 24.0 Å². The van der Waals surface area contributed by atoms with Crippen LogP contribution in [-0.2, 0) is 16.0 Å². The Labute approximate surface area is 197 Å². The van der Waals surface area contributed by atoms with Gasteiger partial charge in [-0.2, -0.15) is 4.98 Å². The zero-order valence-electron chi connectivity index (χ0n) is 19.0. The van der Waals surface area contributed by atoms with E-state index in [2.05, 4.69) is 44.5 Å². The molecule has 1 aromatic heterocycles.